The van der Waals surface area contributed by atoms with Crippen molar-refractivity contribution in [2.45, 2.75) is 32.7 Å². The van der Waals surface area contributed by atoms with Gasteiger partial charge in [-0.3, -0.25) is 0 Å². The number of piperidine rings is 1. The Balaban J connectivity index is 2.43. The lowest BCUT2D eigenvalue weighted by molar-refractivity contribution is -0.134. The van der Waals surface area contributed by atoms with E-state index in [1.807, 2.05) is 0 Å². The predicted octanol–water partition coefficient (Wildman–Crippen LogP) is 1.59. The normalized spacial score (nSPS) is 18.4. The Kier molecular flexibility index (Phi) is 4.14. The summed E-state index contributed by atoms with van der Waals surface area (Å²) < 4.78 is 4.60. The van der Waals surface area contributed by atoms with Gasteiger partial charge in [0.25, 0.3) is 0 Å². The van der Waals surface area contributed by atoms with Crippen molar-refractivity contribution in [3.63, 3.8) is 0 Å². The monoisotopic (exact) mass is 197 g/mol. The summed E-state index contributed by atoms with van der Waals surface area (Å²) in [7, 11) is 1.42. The lowest BCUT2D eigenvalue weighted by Gasteiger charge is -2.31. The molecule has 14 heavy (non-hydrogen) atoms. The fourth-order valence-corrected chi connectivity index (χ4v) is 1.70. The topological polar surface area (TPSA) is 29.5 Å². The third-order valence-corrected chi connectivity index (χ3v) is 2.69. The van der Waals surface area contributed by atoms with Crippen molar-refractivity contribution in [3.8, 4) is 0 Å². The molecule has 80 valence electrons. The van der Waals surface area contributed by atoms with E-state index in [9.17, 15) is 4.79 Å². The fraction of sp³-hybridized carbons (Fsp3) is 0.727. The van der Waals surface area contributed by atoms with E-state index in [1.54, 1.807) is 6.08 Å². The summed E-state index contributed by atoms with van der Waals surface area (Å²) in [5, 5.41) is 0. The molecule has 1 aliphatic rings. The van der Waals surface area contributed by atoms with Crippen LogP contribution in [0.1, 0.15) is 26.7 Å². The summed E-state index contributed by atoms with van der Waals surface area (Å²) in [6.45, 7) is 6.52. The third-order valence-electron chi connectivity index (χ3n) is 2.69. The van der Waals surface area contributed by atoms with E-state index in [-0.39, 0.29) is 5.97 Å². The summed E-state index contributed by atoms with van der Waals surface area (Å²) in [5.41, 5.74) is 1.22. The standard InChI is InChI=1S/C11H19NO2/c1-9(2)12-6-4-10(5-7-12)8-11(13)14-3/h8-9H,4-7H2,1-3H3. The molecule has 0 atom stereocenters. The van der Waals surface area contributed by atoms with Crippen molar-refractivity contribution >= 4 is 5.97 Å². The summed E-state index contributed by atoms with van der Waals surface area (Å²) in [4.78, 5) is 13.4. The maximum absolute atomic E-state index is 11.0. The number of ether oxygens (including phenoxy) is 1. The molecule has 0 bridgehead atoms. The lowest BCUT2D eigenvalue weighted by atomic mass is 10.0. The van der Waals surface area contributed by atoms with Gasteiger partial charge < -0.3 is 9.64 Å². The number of hydrogen-bond acceptors (Lipinski definition) is 3. The number of carbonyl (C=O) groups excluding carboxylic acids is 1. The molecule has 0 aromatic rings. The first-order valence-electron chi connectivity index (χ1n) is 5.15. The smallest absolute Gasteiger partial charge is 0.330 e. The van der Waals surface area contributed by atoms with E-state index < -0.39 is 0 Å². The van der Waals surface area contributed by atoms with Gasteiger partial charge in [-0.15, -0.1) is 0 Å². The number of esters is 1. The molecule has 0 radical (unpaired) electrons. The average molecular weight is 197 g/mol. The summed E-state index contributed by atoms with van der Waals surface area (Å²) in [6, 6.07) is 0.606. The molecule has 0 amide bonds. The number of nitrogens with zero attached hydrogens (tertiary/aromatic N) is 1. The Morgan fingerprint density at radius 1 is 1.43 bits per heavy atom. The number of carbonyl (C=O) groups is 1. The van der Waals surface area contributed by atoms with Crippen LogP contribution in [0.4, 0.5) is 0 Å². The van der Waals surface area contributed by atoms with Crippen molar-refractivity contribution in [3.05, 3.63) is 11.6 Å². The fourth-order valence-electron chi connectivity index (χ4n) is 1.70. The molecule has 1 heterocycles. The van der Waals surface area contributed by atoms with Gasteiger partial charge in [0.15, 0.2) is 0 Å². The van der Waals surface area contributed by atoms with E-state index in [0.717, 1.165) is 25.9 Å². The first-order valence-corrected chi connectivity index (χ1v) is 5.15. The third kappa shape index (κ3) is 3.14. The zero-order chi connectivity index (χ0) is 10.6. The SMILES string of the molecule is COC(=O)C=C1CCN(C(C)C)CC1. The first-order chi connectivity index (χ1) is 6.63. The molecule has 3 heteroatoms. The van der Waals surface area contributed by atoms with E-state index in [2.05, 4.69) is 23.5 Å². The first kappa shape index (κ1) is 11.2. The quantitative estimate of drug-likeness (QED) is 0.497. The second kappa shape index (κ2) is 5.15. The second-order valence-electron chi connectivity index (χ2n) is 3.96. The van der Waals surface area contributed by atoms with Crippen LogP contribution in [-0.2, 0) is 9.53 Å². The second-order valence-corrected chi connectivity index (χ2v) is 3.96. The van der Waals surface area contributed by atoms with E-state index >= 15 is 0 Å². The van der Waals surface area contributed by atoms with Gasteiger partial charge in [0, 0.05) is 25.2 Å². The van der Waals surface area contributed by atoms with Gasteiger partial charge in [-0.2, -0.15) is 0 Å². The van der Waals surface area contributed by atoms with Crippen LogP contribution in [0.5, 0.6) is 0 Å². The molecule has 0 aromatic heterocycles. The van der Waals surface area contributed by atoms with Crippen LogP contribution in [0.2, 0.25) is 0 Å². The van der Waals surface area contributed by atoms with Gasteiger partial charge in [0.05, 0.1) is 7.11 Å². The van der Waals surface area contributed by atoms with Crippen molar-refractivity contribution < 1.29 is 9.53 Å². The molecule has 3 nitrogen and oxygen atoms in total. The van der Waals surface area contributed by atoms with Gasteiger partial charge in [0.1, 0.15) is 0 Å². The van der Waals surface area contributed by atoms with Crippen molar-refractivity contribution in [1.29, 1.82) is 0 Å². The lowest BCUT2D eigenvalue weighted by Crippen LogP contribution is -2.36. The highest BCUT2D eigenvalue weighted by molar-refractivity contribution is 5.82. The van der Waals surface area contributed by atoms with Crippen LogP contribution in [0.3, 0.4) is 0 Å². The highest BCUT2D eigenvalue weighted by Gasteiger charge is 2.16. The van der Waals surface area contributed by atoms with Crippen LogP contribution in [-0.4, -0.2) is 37.1 Å². The van der Waals surface area contributed by atoms with Gasteiger partial charge in [-0.1, -0.05) is 5.57 Å². The van der Waals surface area contributed by atoms with Crippen molar-refractivity contribution in [2.75, 3.05) is 20.2 Å². The van der Waals surface area contributed by atoms with Gasteiger partial charge in [-0.25, -0.2) is 4.79 Å². The molecular formula is C11H19NO2. The molecular weight excluding hydrogens is 178 g/mol. The Labute approximate surface area is 85.7 Å². The highest BCUT2D eigenvalue weighted by atomic mass is 16.5. The zero-order valence-electron chi connectivity index (χ0n) is 9.25. The highest BCUT2D eigenvalue weighted by Crippen LogP contribution is 2.17. The van der Waals surface area contributed by atoms with Crippen LogP contribution in [0.25, 0.3) is 0 Å². The average Bonchev–Trinajstić information content (AvgIpc) is 2.18. The van der Waals surface area contributed by atoms with E-state index in [1.165, 1.54) is 12.7 Å². The van der Waals surface area contributed by atoms with Crippen LogP contribution >= 0.6 is 0 Å². The van der Waals surface area contributed by atoms with Gasteiger partial charge in [0.2, 0.25) is 0 Å². The molecule has 0 unspecified atom stereocenters. The molecule has 1 saturated heterocycles. The molecule has 0 aromatic carbocycles. The maximum Gasteiger partial charge on any atom is 0.330 e. The maximum atomic E-state index is 11.0. The molecule has 1 fully saturated rings. The van der Waals surface area contributed by atoms with Gasteiger partial charge in [-0.05, 0) is 26.7 Å². The number of rotatable bonds is 2. The molecule has 0 N–H and O–H groups in total. The molecule has 0 aliphatic carbocycles. The minimum atomic E-state index is -0.224. The van der Waals surface area contributed by atoms with Crippen LogP contribution < -0.4 is 0 Å². The summed E-state index contributed by atoms with van der Waals surface area (Å²) in [5.74, 6) is -0.224. The Bertz CT molecular complexity index is 223. The minimum Gasteiger partial charge on any atom is -0.466 e. The van der Waals surface area contributed by atoms with Gasteiger partial charge >= 0.3 is 5.97 Å². The molecule has 0 spiro atoms. The van der Waals surface area contributed by atoms with Crippen molar-refractivity contribution in [2.24, 2.45) is 0 Å². The Morgan fingerprint density at radius 2 is 2.00 bits per heavy atom. The summed E-state index contributed by atoms with van der Waals surface area (Å²) in [6.07, 6.45) is 3.62. The number of methoxy groups -OCH3 is 1. The molecule has 1 rings (SSSR count). The van der Waals surface area contributed by atoms with Crippen LogP contribution in [0.15, 0.2) is 11.6 Å². The molecule has 0 saturated carbocycles. The molecule has 1 aliphatic heterocycles. The Hall–Kier alpha value is -0.830. The van der Waals surface area contributed by atoms with Crippen LogP contribution in [0, 0.1) is 0 Å². The van der Waals surface area contributed by atoms with E-state index in [0.29, 0.717) is 6.04 Å². The largest absolute Gasteiger partial charge is 0.466 e. The van der Waals surface area contributed by atoms with Crippen molar-refractivity contribution in [1.82, 2.24) is 4.90 Å². The number of likely N-dealkylation sites (tertiary alicyclic amines) is 1. The minimum absolute atomic E-state index is 0.224. The summed E-state index contributed by atoms with van der Waals surface area (Å²) >= 11 is 0. The van der Waals surface area contributed by atoms with E-state index in [4.69, 9.17) is 0 Å². The predicted molar refractivity (Wildman–Crippen MR) is 56.0 cm³/mol. The number of hydrogen-bond donors (Lipinski definition) is 0. The zero-order valence-corrected chi connectivity index (χ0v) is 9.25. The Morgan fingerprint density at radius 3 is 2.43 bits per heavy atom.